The molecule has 2 N–H and O–H groups in total. The van der Waals surface area contributed by atoms with Crippen molar-refractivity contribution >= 4 is 39.4 Å². The van der Waals surface area contributed by atoms with Crippen molar-refractivity contribution in [2.75, 3.05) is 5.73 Å². The van der Waals surface area contributed by atoms with Crippen molar-refractivity contribution in [1.29, 1.82) is 0 Å². The van der Waals surface area contributed by atoms with E-state index in [0.717, 1.165) is 27.8 Å². The zero-order chi connectivity index (χ0) is 23.4. The quantitative estimate of drug-likeness (QED) is 0.416. The van der Waals surface area contributed by atoms with Crippen LogP contribution in [0.3, 0.4) is 0 Å². The van der Waals surface area contributed by atoms with Gasteiger partial charge in [-0.15, -0.1) is 0 Å². The number of nitrogens with zero attached hydrogens (tertiary/aromatic N) is 9. The van der Waals surface area contributed by atoms with Crippen molar-refractivity contribution < 1.29 is 0 Å². The second-order valence-electron chi connectivity index (χ2n) is 8.00. The molecule has 34 heavy (non-hydrogen) atoms. The van der Waals surface area contributed by atoms with Crippen LogP contribution in [0.25, 0.3) is 38.9 Å². The number of rotatable bonds is 4. The molecule has 1 aromatic carbocycles. The summed E-state index contributed by atoms with van der Waals surface area (Å²) in [6.45, 7) is 2.03. The third-order valence-electron chi connectivity index (χ3n) is 5.82. The Balaban J connectivity index is 1.59. The highest BCUT2D eigenvalue weighted by Crippen LogP contribution is 2.35. The van der Waals surface area contributed by atoms with Crippen LogP contribution >= 0.6 is 11.6 Å². The fourth-order valence-corrected chi connectivity index (χ4v) is 4.39. The molecular formula is C23H19ClN10. The Bertz CT molecular complexity index is 1660. The average Bonchev–Trinajstić information content (AvgIpc) is 3.54. The maximum atomic E-state index is 6.34. The minimum Gasteiger partial charge on any atom is -0.383 e. The van der Waals surface area contributed by atoms with E-state index in [-0.39, 0.29) is 6.04 Å². The number of halogens is 1. The molecule has 0 amide bonds. The number of aryl methyl sites for hydroxylation is 1. The maximum Gasteiger partial charge on any atom is 0.164 e. The number of nitrogens with two attached hydrogens (primary N) is 1. The van der Waals surface area contributed by atoms with Crippen LogP contribution < -0.4 is 5.73 Å². The Hall–Kier alpha value is -4.31. The van der Waals surface area contributed by atoms with Crippen LogP contribution in [0.2, 0.25) is 5.02 Å². The van der Waals surface area contributed by atoms with Crippen LogP contribution in [0.15, 0.2) is 61.4 Å². The minimum atomic E-state index is -0.274. The predicted molar refractivity (Wildman–Crippen MR) is 130 cm³/mol. The lowest BCUT2D eigenvalue weighted by molar-refractivity contribution is 0.564. The summed E-state index contributed by atoms with van der Waals surface area (Å²) in [7, 11) is 1.85. The zero-order valence-corrected chi connectivity index (χ0v) is 19.1. The monoisotopic (exact) mass is 470 g/mol. The van der Waals surface area contributed by atoms with E-state index < -0.39 is 0 Å². The number of nitrogen functional groups attached to an aromatic ring is 1. The van der Waals surface area contributed by atoms with Crippen LogP contribution in [0, 0.1) is 0 Å². The minimum absolute atomic E-state index is 0.274. The van der Waals surface area contributed by atoms with Gasteiger partial charge in [-0.2, -0.15) is 15.3 Å². The van der Waals surface area contributed by atoms with E-state index in [4.69, 9.17) is 27.5 Å². The molecule has 0 saturated heterocycles. The summed E-state index contributed by atoms with van der Waals surface area (Å²) in [5.74, 6) is 0.361. The van der Waals surface area contributed by atoms with Gasteiger partial charge in [-0.25, -0.2) is 19.3 Å². The number of anilines is 1. The number of pyridine rings is 1. The van der Waals surface area contributed by atoms with Crippen molar-refractivity contribution in [3.8, 4) is 16.9 Å². The van der Waals surface area contributed by atoms with Gasteiger partial charge in [0.1, 0.15) is 17.8 Å². The molecule has 5 aromatic heterocycles. The zero-order valence-electron chi connectivity index (χ0n) is 18.3. The summed E-state index contributed by atoms with van der Waals surface area (Å²) < 4.78 is 5.40. The Morgan fingerprint density at radius 3 is 2.74 bits per heavy atom. The largest absolute Gasteiger partial charge is 0.383 e. The van der Waals surface area contributed by atoms with Gasteiger partial charge in [-0.3, -0.25) is 9.67 Å². The Morgan fingerprint density at radius 2 is 1.97 bits per heavy atom. The van der Waals surface area contributed by atoms with Gasteiger partial charge in [-0.1, -0.05) is 11.6 Å². The van der Waals surface area contributed by atoms with Gasteiger partial charge in [-0.05, 0) is 37.3 Å². The van der Waals surface area contributed by atoms with Gasteiger partial charge in [0, 0.05) is 35.4 Å². The Labute approximate surface area is 198 Å². The van der Waals surface area contributed by atoms with Gasteiger partial charge >= 0.3 is 0 Å². The Morgan fingerprint density at radius 1 is 1.09 bits per heavy atom. The van der Waals surface area contributed by atoms with Crippen molar-refractivity contribution in [3.05, 3.63) is 72.2 Å². The molecular weight excluding hydrogens is 452 g/mol. The summed E-state index contributed by atoms with van der Waals surface area (Å²) in [5, 5.41) is 16.4. The summed E-state index contributed by atoms with van der Waals surface area (Å²) >= 11 is 6.34. The van der Waals surface area contributed by atoms with E-state index in [0.29, 0.717) is 27.6 Å². The number of hydrogen-bond acceptors (Lipinski definition) is 7. The fraction of sp³-hybridized carbons (Fsp3) is 0.130. The summed E-state index contributed by atoms with van der Waals surface area (Å²) in [6.07, 6.45) is 8.57. The molecule has 1 unspecified atom stereocenters. The van der Waals surface area contributed by atoms with Crippen molar-refractivity contribution in [2.24, 2.45) is 7.05 Å². The van der Waals surface area contributed by atoms with Crippen LogP contribution in [-0.4, -0.2) is 44.3 Å². The van der Waals surface area contributed by atoms with Crippen LogP contribution in [0.1, 0.15) is 18.7 Å². The molecule has 0 aliphatic rings. The summed E-state index contributed by atoms with van der Waals surface area (Å²) in [4.78, 5) is 13.0. The first-order chi connectivity index (χ1) is 16.5. The molecule has 0 bridgehead atoms. The molecule has 0 saturated carbocycles. The molecule has 10 nitrogen and oxygen atoms in total. The number of hydrogen-bond donors (Lipinski definition) is 1. The Kier molecular flexibility index (Phi) is 4.56. The highest BCUT2D eigenvalue weighted by atomic mass is 35.5. The molecule has 0 aliphatic carbocycles. The first-order valence-electron chi connectivity index (χ1n) is 10.6. The summed E-state index contributed by atoms with van der Waals surface area (Å²) in [6, 6.07) is 9.28. The van der Waals surface area contributed by atoms with E-state index in [2.05, 4.69) is 20.1 Å². The number of benzene rings is 1. The van der Waals surface area contributed by atoms with Gasteiger partial charge < -0.3 is 5.73 Å². The van der Waals surface area contributed by atoms with E-state index >= 15 is 0 Å². The molecule has 0 radical (unpaired) electrons. The normalized spacial score (nSPS) is 12.6. The second kappa shape index (κ2) is 7.63. The van der Waals surface area contributed by atoms with Gasteiger partial charge in [0.2, 0.25) is 0 Å². The van der Waals surface area contributed by atoms with Crippen molar-refractivity contribution in [2.45, 2.75) is 13.0 Å². The van der Waals surface area contributed by atoms with E-state index in [9.17, 15) is 0 Å². The standard InChI is InChI=1S/C23H19ClN10/c1-13(20-17-6-5-15(24)8-18(17)34(30-20)16-4-3-7-26-10-16)33-23-19(22(25)27-12-28-23)21(31-33)14-9-29-32(2)11-14/h3-13H,1-2H3,(H2,25,27,28). The molecule has 0 fully saturated rings. The van der Waals surface area contributed by atoms with Gasteiger partial charge in [0.25, 0.3) is 0 Å². The molecule has 1 atom stereocenters. The van der Waals surface area contributed by atoms with E-state index in [1.165, 1.54) is 6.33 Å². The first-order valence-corrected chi connectivity index (χ1v) is 11.0. The molecule has 11 heteroatoms. The number of fused-ring (bicyclic) bond motifs is 2. The van der Waals surface area contributed by atoms with Crippen molar-refractivity contribution in [1.82, 2.24) is 44.3 Å². The third-order valence-corrected chi connectivity index (χ3v) is 6.06. The van der Waals surface area contributed by atoms with E-state index in [1.807, 2.05) is 59.9 Å². The maximum absolute atomic E-state index is 6.34. The molecule has 0 spiro atoms. The number of aromatic nitrogens is 9. The lowest BCUT2D eigenvalue weighted by atomic mass is 10.1. The predicted octanol–water partition coefficient (Wildman–Crippen LogP) is 3.81. The first kappa shape index (κ1) is 20.3. The van der Waals surface area contributed by atoms with Crippen LogP contribution in [0.5, 0.6) is 0 Å². The van der Waals surface area contributed by atoms with Crippen molar-refractivity contribution in [3.63, 3.8) is 0 Å². The summed E-state index contributed by atoms with van der Waals surface area (Å²) in [5.41, 5.74) is 10.9. The van der Waals surface area contributed by atoms with E-state index in [1.54, 1.807) is 23.3 Å². The fourth-order valence-electron chi connectivity index (χ4n) is 4.22. The SMILES string of the molecule is CC(c1nn(-c2cccnc2)c2cc(Cl)ccc12)n1nc(-c2cnn(C)c2)c2c(N)ncnc21. The highest BCUT2D eigenvalue weighted by molar-refractivity contribution is 6.31. The van der Waals surface area contributed by atoms with Crippen LogP contribution in [-0.2, 0) is 7.05 Å². The molecule has 168 valence electrons. The van der Waals surface area contributed by atoms with Gasteiger partial charge in [0.15, 0.2) is 5.65 Å². The molecule has 6 rings (SSSR count). The molecule has 5 heterocycles. The third kappa shape index (κ3) is 3.11. The van der Waals surface area contributed by atoms with Gasteiger partial charge in [0.05, 0.1) is 40.7 Å². The average molecular weight is 471 g/mol. The lowest BCUT2D eigenvalue weighted by Crippen LogP contribution is -2.11. The topological polar surface area (TPSA) is 118 Å². The van der Waals surface area contributed by atoms with Crippen LogP contribution in [0.4, 0.5) is 5.82 Å². The smallest absolute Gasteiger partial charge is 0.164 e. The molecule has 0 aliphatic heterocycles. The second-order valence-corrected chi connectivity index (χ2v) is 8.44. The lowest BCUT2D eigenvalue weighted by Gasteiger charge is -2.11. The molecule has 6 aromatic rings. The highest BCUT2D eigenvalue weighted by Gasteiger charge is 2.25.